The third kappa shape index (κ3) is 9.47. The molecule has 1 aliphatic carbocycles. The van der Waals surface area contributed by atoms with Crippen molar-refractivity contribution < 1.29 is 67.8 Å². The molecule has 0 aromatic rings. The quantitative estimate of drug-likeness (QED) is 0.0778. The molecule has 10 atom stereocenters. The molecule has 3 rings (SSSR count). The van der Waals surface area contributed by atoms with Gasteiger partial charge in [0.25, 0.3) is 0 Å². The van der Waals surface area contributed by atoms with Crippen LogP contribution in [0.4, 0.5) is 0 Å². The lowest BCUT2D eigenvalue weighted by Crippen LogP contribution is -2.64. The molecule has 2 aliphatic heterocycles. The predicted octanol–water partition coefficient (Wildman–Crippen LogP) is -4.95. The summed E-state index contributed by atoms with van der Waals surface area (Å²) in [5, 5.41) is 73.1. The Balaban J connectivity index is 1.36. The molecule has 0 bridgehead atoms. The molecule has 3 fully saturated rings. The number of aliphatic hydroxyl groups excluding tert-OH is 7. The summed E-state index contributed by atoms with van der Waals surface area (Å²) in [4.78, 5) is 0. The highest BCUT2D eigenvalue weighted by molar-refractivity contribution is 7.91. The molecule has 15 nitrogen and oxygen atoms in total. The summed E-state index contributed by atoms with van der Waals surface area (Å²) in [6.07, 6.45) is -7.83. The smallest absolute Gasteiger partial charge is 0.187 e. The number of rotatable bonds is 16. The van der Waals surface area contributed by atoms with E-state index in [9.17, 15) is 44.2 Å². The van der Waals surface area contributed by atoms with Crippen LogP contribution in [0.3, 0.4) is 0 Å². The molecule has 0 aromatic carbocycles. The van der Waals surface area contributed by atoms with E-state index in [0.29, 0.717) is 6.61 Å². The number of hydrogen-bond acceptors (Lipinski definition) is 15. The summed E-state index contributed by atoms with van der Waals surface area (Å²) >= 11 is 0. The first kappa shape index (κ1) is 33.9. The van der Waals surface area contributed by atoms with Crippen molar-refractivity contribution in [2.24, 2.45) is 0 Å². The largest absolute Gasteiger partial charge is 0.394 e. The maximum Gasteiger partial charge on any atom is 0.187 e. The van der Waals surface area contributed by atoms with E-state index in [4.69, 9.17) is 23.7 Å². The summed E-state index contributed by atoms with van der Waals surface area (Å²) in [7, 11) is -3.33. The van der Waals surface area contributed by atoms with E-state index in [1.54, 1.807) is 0 Å². The molecule has 0 spiro atoms. The number of ether oxygens (including phenoxy) is 5. The molecule has 3 aliphatic rings. The zero-order valence-corrected chi connectivity index (χ0v) is 22.7. The Hall–Kier alpha value is -0.570. The Bertz CT molecular complexity index is 826. The van der Waals surface area contributed by atoms with Gasteiger partial charge in [0.2, 0.25) is 0 Å². The van der Waals surface area contributed by atoms with Crippen LogP contribution >= 0.6 is 0 Å². The molecule has 231 valence electrons. The summed E-state index contributed by atoms with van der Waals surface area (Å²) < 4.78 is 51.4. The standard InChI is InChI=1S/C24H40NO14S/c26-11-15-17(28)18(29)20(31)24(37-15)39-22-16(12-27)38-23(21(32)19(22)30)36-7-5-25-6-9-40(33,34)10-8-35-13-14-3-1-2-4-14/h1-4,15-32H,5-13H2/t15-,16-,17+,18+,19-,20-,21-,22-,23-,24+/m1/s1. The maximum atomic E-state index is 12.2. The second-order valence-electron chi connectivity index (χ2n) is 9.62. The van der Waals surface area contributed by atoms with Crippen molar-refractivity contribution in [3.05, 3.63) is 31.6 Å². The fourth-order valence-corrected chi connectivity index (χ4v) is 5.31. The Kier molecular flexibility index (Phi) is 13.8. The number of sulfone groups is 1. The van der Waals surface area contributed by atoms with Gasteiger partial charge < -0.3 is 64.7 Å². The molecule has 16 heteroatoms. The van der Waals surface area contributed by atoms with Gasteiger partial charge >= 0.3 is 0 Å². The van der Waals surface area contributed by atoms with Crippen molar-refractivity contribution in [3.8, 4) is 0 Å². The average molecular weight is 599 g/mol. The second kappa shape index (κ2) is 16.3. The highest BCUT2D eigenvalue weighted by Gasteiger charge is 2.50. The molecular weight excluding hydrogens is 558 g/mol. The van der Waals surface area contributed by atoms with Crippen LogP contribution in [0.15, 0.2) is 0 Å². The van der Waals surface area contributed by atoms with Crippen LogP contribution in [0.1, 0.15) is 0 Å². The molecule has 0 aromatic heterocycles. The first-order chi connectivity index (χ1) is 19.1. The Labute approximate surface area is 233 Å². The lowest BCUT2D eigenvalue weighted by Gasteiger charge is -2.45. The zero-order chi connectivity index (χ0) is 29.3. The molecule has 0 unspecified atom stereocenters. The van der Waals surface area contributed by atoms with Crippen molar-refractivity contribution in [2.45, 2.75) is 61.4 Å². The van der Waals surface area contributed by atoms with Gasteiger partial charge in [-0.2, -0.15) is 0 Å². The highest BCUT2D eigenvalue weighted by Crippen LogP contribution is 2.29. The van der Waals surface area contributed by atoms with E-state index in [-0.39, 0.29) is 37.8 Å². The third-order valence-corrected chi connectivity index (χ3v) is 8.27. The SMILES string of the molecule is O=S(=O)(CCNCCO[C@@H]1O[C@H](CO)[C@@H](O[C@@H]2O[C@H](CO)[C@H](O)[C@H](O)[C@H]2O)[C@H](O)[C@H]1O)CCOC[C]1[CH][CH][CH][CH]1. The molecule has 0 amide bonds. The van der Waals surface area contributed by atoms with Crippen LogP contribution in [0.2, 0.25) is 0 Å². The minimum Gasteiger partial charge on any atom is -0.394 e. The van der Waals surface area contributed by atoms with Gasteiger partial charge in [-0.1, -0.05) is 0 Å². The molecule has 8 N–H and O–H groups in total. The topological polar surface area (TPSA) is 234 Å². The minimum atomic E-state index is -3.33. The van der Waals surface area contributed by atoms with Crippen molar-refractivity contribution >= 4 is 9.84 Å². The van der Waals surface area contributed by atoms with Gasteiger partial charge in [-0.05, 0) is 25.7 Å². The van der Waals surface area contributed by atoms with E-state index >= 15 is 0 Å². The van der Waals surface area contributed by atoms with Crippen molar-refractivity contribution in [1.82, 2.24) is 5.32 Å². The molecule has 1 saturated carbocycles. The van der Waals surface area contributed by atoms with E-state index in [1.165, 1.54) is 0 Å². The summed E-state index contributed by atoms with van der Waals surface area (Å²) in [5.74, 6) is 0.749. The second-order valence-corrected chi connectivity index (χ2v) is 11.9. The fraction of sp³-hybridized carbons (Fsp3) is 0.792. The first-order valence-electron chi connectivity index (χ1n) is 13.0. The monoisotopic (exact) mass is 598 g/mol. The Morgan fingerprint density at radius 3 is 2.10 bits per heavy atom. The third-order valence-electron chi connectivity index (χ3n) is 6.65. The van der Waals surface area contributed by atoms with Gasteiger partial charge in [0.1, 0.15) is 48.8 Å². The van der Waals surface area contributed by atoms with Gasteiger partial charge in [0.15, 0.2) is 22.4 Å². The van der Waals surface area contributed by atoms with E-state index < -0.39 is 84.5 Å². The first-order valence-corrected chi connectivity index (χ1v) is 14.8. The van der Waals surface area contributed by atoms with Crippen LogP contribution in [0.5, 0.6) is 0 Å². The zero-order valence-electron chi connectivity index (χ0n) is 21.8. The molecule has 2 heterocycles. The number of aliphatic hydroxyl groups is 7. The van der Waals surface area contributed by atoms with Gasteiger partial charge in [0, 0.05) is 19.0 Å². The summed E-state index contributed by atoms with van der Waals surface area (Å²) in [5.41, 5.74) is 0. The average Bonchev–Trinajstić information content (AvgIpc) is 3.46. The van der Waals surface area contributed by atoms with Crippen molar-refractivity contribution in [2.75, 3.05) is 57.6 Å². The van der Waals surface area contributed by atoms with Gasteiger partial charge in [-0.25, -0.2) is 8.42 Å². The minimum absolute atomic E-state index is 0.0341. The van der Waals surface area contributed by atoms with Crippen molar-refractivity contribution in [1.29, 1.82) is 0 Å². The van der Waals surface area contributed by atoms with Crippen molar-refractivity contribution in [3.63, 3.8) is 0 Å². The highest BCUT2D eigenvalue weighted by atomic mass is 32.2. The molecule has 40 heavy (non-hydrogen) atoms. The van der Waals surface area contributed by atoms with E-state index in [1.807, 2.05) is 25.7 Å². The Morgan fingerprint density at radius 2 is 1.43 bits per heavy atom. The lowest BCUT2D eigenvalue weighted by atomic mass is 9.97. The van der Waals surface area contributed by atoms with E-state index in [0.717, 1.165) is 5.92 Å². The van der Waals surface area contributed by atoms with Crippen LogP contribution < -0.4 is 5.32 Å². The number of hydrogen-bond donors (Lipinski definition) is 8. The maximum absolute atomic E-state index is 12.2. The number of nitrogens with one attached hydrogen (secondary N) is 1. The van der Waals surface area contributed by atoms with Crippen LogP contribution in [-0.2, 0) is 33.5 Å². The van der Waals surface area contributed by atoms with Crippen LogP contribution in [0, 0.1) is 31.6 Å². The summed E-state index contributed by atoms with van der Waals surface area (Å²) in [6.45, 7) is -0.630. The van der Waals surface area contributed by atoms with Crippen LogP contribution in [0.25, 0.3) is 0 Å². The predicted molar refractivity (Wildman–Crippen MR) is 135 cm³/mol. The normalized spacial score (nSPS) is 37.7. The Morgan fingerprint density at radius 1 is 0.775 bits per heavy atom. The van der Waals surface area contributed by atoms with Gasteiger partial charge in [-0.3, -0.25) is 0 Å². The molecule has 2 saturated heterocycles. The summed E-state index contributed by atoms with van der Waals surface area (Å²) in [6, 6.07) is 0. The van der Waals surface area contributed by atoms with Gasteiger partial charge in [0.05, 0.1) is 44.5 Å². The molecule has 5 radical (unpaired) electrons. The van der Waals surface area contributed by atoms with Gasteiger partial charge in [-0.15, -0.1) is 0 Å². The fourth-order valence-electron chi connectivity index (χ4n) is 4.28. The molecular formula is C24H40NO14S. The van der Waals surface area contributed by atoms with Crippen LogP contribution in [-0.4, -0.2) is 163 Å². The van der Waals surface area contributed by atoms with E-state index in [2.05, 4.69) is 5.32 Å². The lowest BCUT2D eigenvalue weighted by molar-refractivity contribution is -0.359.